The summed E-state index contributed by atoms with van der Waals surface area (Å²) in [5, 5.41) is 2.72. The van der Waals surface area contributed by atoms with E-state index >= 15 is 4.39 Å². The molecule has 1 unspecified atom stereocenters. The number of carbonyl (C=O) groups is 3. The number of fused-ring (bicyclic) bond motifs is 2. The Labute approximate surface area is 223 Å². The monoisotopic (exact) mass is 530 g/mol. The SMILES string of the molecule is CC(C)(C)OC(=O)N1[C@@H]2CC[C@@H](C2)[C@H]1C(=O)N[C@@H](Cc1ccc(C2CCN(C3COC3)C2)cc1F)C(N)=O. The second-order valence-electron chi connectivity index (χ2n) is 12.2. The number of nitrogens with two attached hydrogens (primary N) is 1. The quantitative estimate of drug-likeness (QED) is 0.559. The maximum Gasteiger partial charge on any atom is 0.411 e. The minimum absolute atomic E-state index is 0.00506. The van der Waals surface area contributed by atoms with E-state index in [0.717, 1.165) is 57.6 Å². The number of primary amides is 1. The lowest BCUT2D eigenvalue weighted by atomic mass is 9.94. The number of ether oxygens (including phenoxy) is 2. The van der Waals surface area contributed by atoms with E-state index in [2.05, 4.69) is 10.2 Å². The van der Waals surface area contributed by atoms with Gasteiger partial charge in [-0.25, -0.2) is 9.18 Å². The van der Waals surface area contributed by atoms with Gasteiger partial charge in [0.15, 0.2) is 0 Å². The van der Waals surface area contributed by atoms with Crippen LogP contribution in [0.15, 0.2) is 18.2 Å². The highest BCUT2D eigenvalue weighted by molar-refractivity contribution is 5.91. The lowest BCUT2D eigenvalue weighted by Crippen LogP contribution is -2.57. The third kappa shape index (κ3) is 5.52. The van der Waals surface area contributed by atoms with Crippen LogP contribution >= 0.6 is 0 Å². The summed E-state index contributed by atoms with van der Waals surface area (Å²) in [4.78, 5) is 42.5. The van der Waals surface area contributed by atoms with Crippen molar-refractivity contribution in [1.82, 2.24) is 15.1 Å². The van der Waals surface area contributed by atoms with E-state index < -0.39 is 41.4 Å². The maximum atomic E-state index is 15.2. The van der Waals surface area contributed by atoms with Crippen LogP contribution in [0.25, 0.3) is 0 Å². The average molecular weight is 531 g/mol. The van der Waals surface area contributed by atoms with Gasteiger partial charge in [0.1, 0.15) is 23.5 Å². The zero-order chi connectivity index (χ0) is 27.2. The molecule has 1 aromatic rings. The maximum absolute atomic E-state index is 15.2. The van der Waals surface area contributed by atoms with Gasteiger partial charge in [-0.3, -0.25) is 19.4 Å². The van der Waals surface area contributed by atoms with E-state index in [0.29, 0.717) is 11.6 Å². The Balaban J connectivity index is 1.24. The minimum Gasteiger partial charge on any atom is -0.444 e. The van der Waals surface area contributed by atoms with Crippen LogP contribution < -0.4 is 11.1 Å². The summed E-state index contributed by atoms with van der Waals surface area (Å²) >= 11 is 0. The second-order valence-corrected chi connectivity index (χ2v) is 12.2. The van der Waals surface area contributed by atoms with Crippen LogP contribution in [0.2, 0.25) is 0 Å². The van der Waals surface area contributed by atoms with Crippen molar-refractivity contribution < 1.29 is 28.2 Å². The first-order valence-electron chi connectivity index (χ1n) is 13.7. The average Bonchev–Trinajstić information content (AvgIpc) is 3.53. The summed E-state index contributed by atoms with van der Waals surface area (Å²) in [5.74, 6) is -1.36. The number of rotatable bonds is 7. The van der Waals surface area contributed by atoms with Crippen LogP contribution in [0.5, 0.6) is 0 Å². The molecule has 4 fully saturated rings. The summed E-state index contributed by atoms with van der Waals surface area (Å²) in [6, 6.07) is 3.71. The Morgan fingerprint density at radius 3 is 2.58 bits per heavy atom. The predicted octanol–water partition coefficient (Wildman–Crippen LogP) is 2.31. The van der Waals surface area contributed by atoms with Gasteiger partial charge < -0.3 is 20.5 Å². The Bertz CT molecular complexity index is 1090. The number of carbonyl (C=O) groups excluding carboxylic acids is 3. The predicted molar refractivity (Wildman–Crippen MR) is 138 cm³/mol. The molecule has 3 N–H and O–H groups in total. The lowest BCUT2D eigenvalue weighted by Gasteiger charge is -2.36. The molecule has 3 amide bonds. The molecule has 3 saturated heterocycles. The molecule has 10 heteroatoms. The normalized spacial score (nSPS) is 28.3. The van der Waals surface area contributed by atoms with Gasteiger partial charge in [-0.15, -0.1) is 0 Å². The Morgan fingerprint density at radius 1 is 1.18 bits per heavy atom. The highest BCUT2D eigenvalue weighted by atomic mass is 19.1. The fourth-order valence-corrected chi connectivity index (χ4v) is 6.41. The molecule has 3 aliphatic heterocycles. The largest absolute Gasteiger partial charge is 0.444 e. The van der Waals surface area contributed by atoms with Gasteiger partial charge in [0, 0.05) is 19.0 Å². The topological polar surface area (TPSA) is 114 Å². The van der Waals surface area contributed by atoms with Gasteiger partial charge in [0.25, 0.3) is 0 Å². The molecular weight excluding hydrogens is 491 g/mol. The van der Waals surface area contributed by atoms with Crippen molar-refractivity contribution in [3.8, 4) is 0 Å². The van der Waals surface area contributed by atoms with Crippen LogP contribution in [0.3, 0.4) is 0 Å². The van der Waals surface area contributed by atoms with Gasteiger partial charge in [0.05, 0.1) is 19.3 Å². The second kappa shape index (κ2) is 10.4. The van der Waals surface area contributed by atoms with Crippen molar-refractivity contribution in [2.45, 2.75) is 88.6 Å². The van der Waals surface area contributed by atoms with E-state index in [-0.39, 0.29) is 24.3 Å². The Morgan fingerprint density at radius 2 is 1.95 bits per heavy atom. The summed E-state index contributed by atoms with van der Waals surface area (Å²) < 4.78 is 26.0. The number of hydrogen-bond acceptors (Lipinski definition) is 6. The van der Waals surface area contributed by atoms with Crippen molar-refractivity contribution in [2.75, 3.05) is 26.3 Å². The minimum atomic E-state index is -1.09. The van der Waals surface area contributed by atoms with Gasteiger partial charge in [-0.2, -0.15) is 0 Å². The number of benzene rings is 1. The Hall–Kier alpha value is -2.72. The number of halogens is 1. The molecule has 38 heavy (non-hydrogen) atoms. The van der Waals surface area contributed by atoms with Gasteiger partial charge >= 0.3 is 6.09 Å². The van der Waals surface area contributed by atoms with E-state index in [1.165, 1.54) is 4.90 Å². The number of nitrogens with zero attached hydrogens (tertiary/aromatic N) is 2. The molecule has 4 aliphatic rings. The molecule has 1 saturated carbocycles. The molecule has 0 aromatic heterocycles. The van der Waals surface area contributed by atoms with Crippen LogP contribution in [-0.4, -0.2) is 83.8 Å². The van der Waals surface area contributed by atoms with Gasteiger partial charge in [-0.05, 0) is 82.0 Å². The third-order valence-corrected chi connectivity index (χ3v) is 8.45. The first-order valence-corrected chi connectivity index (χ1v) is 13.7. The number of amides is 3. The fraction of sp³-hybridized carbons (Fsp3) is 0.679. The van der Waals surface area contributed by atoms with Gasteiger partial charge in [-0.1, -0.05) is 12.1 Å². The first kappa shape index (κ1) is 26.9. The highest BCUT2D eigenvalue weighted by Gasteiger charge is 2.52. The van der Waals surface area contributed by atoms with Gasteiger partial charge in [0.2, 0.25) is 11.8 Å². The molecule has 2 bridgehead atoms. The molecule has 5 rings (SSSR count). The van der Waals surface area contributed by atoms with Crippen LogP contribution in [-0.2, 0) is 25.5 Å². The zero-order valence-corrected chi connectivity index (χ0v) is 22.5. The van der Waals surface area contributed by atoms with E-state index in [4.69, 9.17) is 15.2 Å². The van der Waals surface area contributed by atoms with E-state index in [9.17, 15) is 14.4 Å². The molecular formula is C28H39FN4O5. The van der Waals surface area contributed by atoms with Crippen LogP contribution in [0.1, 0.15) is 63.5 Å². The number of nitrogens with one attached hydrogen (secondary N) is 1. The molecule has 3 heterocycles. The smallest absolute Gasteiger partial charge is 0.411 e. The van der Waals surface area contributed by atoms with Crippen molar-refractivity contribution in [3.05, 3.63) is 35.1 Å². The molecule has 0 radical (unpaired) electrons. The van der Waals surface area contributed by atoms with Crippen molar-refractivity contribution in [1.29, 1.82) is 0 Å². The van der Waals surface area contributed by atoms with Crippen LogP contribution in [0.4, 0.5) is 9.18 Å². The summed E-state index contributed by atoms with van der Waals surface area (Å²) in [7, 11) is 0. The molecule has 208 valence electrons. The molecule has 0 spiro atoms. The number of piperidine rings is 1. The third-order valence-electron chi connectivity index (χ3n) is 8.45. The first-order chi connectivity index (χ1) is 18.0. The number of likely N-dealkylation sites (tertiary alicyclic amines) is 2. The Kier molecular flexibility index (Phi) is 7.39. The van der Waals surface area contributed by atoms with E-state index in [1.54, 1.807) is 32.9 Å². The van der Waals surface area contributed by atoms with Crippen molar-refractivity contribution in [3.63, 3.8) is 0 Å². The van der Waals surface area contributed by atoms with Crippen molar-refractivity contribution in [2.24, 2.45) is 11.7 Å². The van der Waals surface area contributed by atoms with E-state index in [1.807, 2.05) is 6.07 Å². The zero-order valence-electron chi connectivity index (χ0n) is 22.5. The molecule has 1 aliphatic carbocycles. The molecule has 1 aromatic carbocycles. The molecule has 9 nitrogen and oxygen atoms in total. The molecule has 5 atom stereocenters. The standard InChI is InChI=1S/C28H39FN4O5/c1-28(2,3)38-27(36)33-20-7-6-18(10-20)24(33)26(35)31-23(25(30)34)12-17-5-4-16(11-22(17)29)19-8-9-32(13-19)21-14-37-15-21/h4-5,11,18-21,23-24H,6-10,12-15H2,1-3H3,(H2,30,34)(H,31,35)/t18-,19?,20+,23-,24-/m0/s1. The lowest BCUT2D eigenvalue weighted by molar-refractivity contribution is -0.132. The van der Waals surface area contributed by atoms with Crippen LogP contribution in [0, 0.1) is 11.7 Å². The number of hydrogen-bond donors (Lipinski definition) is 2. The highest BCUT2D eigenvalue weighted by Crippen LogP contribution is 2.43. The fourth-order valence-electron chi connectivity index (χ4n) is 6.41. The summed E-state index contributed by atoms with van der Waals surface area (Å²) in [6.07, 6.45) is 2.74. The summed E-state index contributed by atoms with van der Waals surface area (Å²) in [5.41, 5.74) is 6.19. The summed E-state index contributed by atoms with van der Waals surface area (Å²) in [6.45, 7) is 8.72. The van der Waals surface area contributed by atoms with Crippen molar-refractivity contribution >= 4 is 17.9 Å².